The number of carbonyl (C=O) groups excluding carboxylic acids is 2. The van der Waals surface area contributed by atoms with Crippen LogP contribution in [0.15, 0.2) is 69.8 Å². The highest BCUT2D eigenvalue weighted by Crippen LogP contribution is 2.46. The van der Waals surface area contributed by atoms with Crippen LogP contribution in [-0.2, 0) is 14.3 Å². The Kier molecular flexibility index (Phi) is 6.79. The third kappa shape index (κ3) is 4.59. The first-order valence-electron chi connectivity index (χ1n) is 10.9. The highest BCUT2D eigenvalue weighted by molar-refractivity contribution is 8.16. The maximum absolute atomic E-state index is 13.0. The average molecular weight is 478 g/mol. The van der Waals surface area contributed by atoms with Gasteiger partial charge in [0.15, 0.2) is 5.17 Å². The van der Waals surface area contributed by atoms with E-state index < -0.39 is 12.0 Å². The summed E-state index contributed by atoms with van der Waals surface area (Å²) in [6, 6.07) is 12.9. The lowest BCUT2D eigenvalue weighted by atomic mass is 9.93. The van der Waals surface area contributed by atoms with Gasteiger partial charge in [-0.15, -0.1) is 0 Å². The number of amidine groups is 1. The monoisotopic (exact) mass is 477 g/mol. The number of amides is 1. The number of thioether (sulfide) groups is 1. The number of benzene rings is 2. The topological polar surface area (TPSA) is 80.2 Å². The Bertz CT molecular complexity index is 1230. The predicted octanol–water partition coefficient (Wildman–Crippen LogP) is 5.09. The molecule has 0 aliphatic carbocycles. The van der Waals surface area contributed by atoms with Gasteiger partial charge in [-0.1, -0.05) is 36.0 Å². The number of nitrogens with one attached hydrogen (secondary N) is 1. The Hall–Kier alpha value is -3.52. The number of aryl methyl sites for hydroxylation is 2. The molecular weight excluding hydrogens is 450 g/mol. The molecule has 2 aromatic rings. The molecule has 8 heteroatoms. The molecule has 1 atom stereocenters. The second-order valence-electron chi connectivity index (χ2n) is 8.23. The number of hydrogen-bond donors (Lipinski definition) is 1. The fourth-order valence-corrected chi connectivity index (χ4v) is 5.31. The standard InChI is InChI=1S/C26H27N3O4S/c1-15-10-16(2)12-18(11-15)28-22(30)13-19-14-34-26-27-17(3)23(25(31)33-5)24(29(19)26)20-8-6-7-9-21(20)32-4/h6-12,14,24H,13H2,1-5H3,(H,28,30)/t24-/m1/s1. The molecule has 4 rings (SSSR count). The van der Waals surface area contributed by atoms with Crippen molar-refractivity contribution in [3.8, 4) is 5.75 Å². The number of anilines is 1. The number of rotatable bonds is 6. The fourth-order valence-electron chi connectivity index (χ4n) is 4.34. The fraction of sp³-hybridized carbons (Fsp3) is 0.269. The van der Waals surface area contributed by atoms with E-state index in [9.17, 15) is 9.59 Å². The van der Waals surface area contributed by atoms with Crippen LogP contribution in [0.3, 0.4) is 0 Å². The molecule has 0 fully saturated rings. The molecule has 0 saturated carbocycles. The SMILES string of the molecule is COC(=O)C1=C(C)N=C2SC=C(CC(=O)Nc3cc(C)cc(C)c3)N2[C@@H]1c1ccccc1OC. The average Bonchev–Trinajstić information content (AvgIpc) is 3.18. The van der Waals surface area contributed by atoms with Gasteiger partial charge in [0.2, 0.25) is 5.91 Å². The van der Waals surface area contributed by atoms with Crippen molar-refractivity contribution < 1.29 is 19.1 Å². The van der Waals surface area contributed by atoms with E-state index in [0.717, 1.165) is 28.1 Å². The van der Waals surface area contributed by atoms with E-state index in [0.29, 0.717) is 22.2 Å². The molecule has 34 heavy (non-hydrogen) atoms. The summed E-state index contributed by atoms with van der Waals surface area (Å²) in [6.45, 7) is 5.79. The van der Waals surface area contributed by atoms with Gasteiger partial charge >= 0.3 is 5.97 Å². The minimum absolute atomic E-state index is 0.123. The smallest absolute Gasteiger partial charge is 0.338 e. The Balaban J connectivity index is 1.69. The summed E-state index contributed by atoms with van der Waals surface area (Å²) in [5.74, 6) is 0.0220. The predicted molar refractivity (Wildman–Crippen MR) is 135 cm³/mol. The summed E-state index contributed by atoms with van der Waals surface area (Å²) in [7, 11) is 2.95. The van der Waals surface area contributed by atoms with Crippen molar-refractivity contribution in [3.63, 3.8) is 0 Å². The largest absolute Gasteiger partial charge is 0.496 e. The first-order valence-corrected chi connectivity index (χ1v) is 11.7. The summed E-state index contributed by atoms with van der Waals surface area (Å²) in [4.78, 5) is 32.5. The Morgan fingerprint density at radius 3 is 2.47 bits per heavy atom. The molecule has 0 unspecified atom stereocenters. The number of allylic oxidation sites excluding steroid dienone is 1. The quantitative estimate of drug-likeness (QED) is 0.584. The van der Waals surface area contributed by atoms with E-state index in [1.54, 1.807) is 14.0 Å². The van der Waals surface area contributed by atoms with Crippen LogP contribution in [-0.4, -0.2) is 36.2 Å². The molecule has 1 N–H and O–H groups in total. The van der Waals surface area contributed by atoms with Crippen molar-refractivity contribution in [2.75, 3.05) is 19.5 Å². The highest BCUT2D eigenvalue weighted by Gasteiger charge is 2.42. The van der Waals surface area contributed by atoms with Crippen molar-refractivity contribution in [2.45, 2.75) is 33.2 Å². The zero-order valence-corrected chi connectivity index (χ0v) is 20.7. The summed E-state index contributed by atoms with van der Waals surface area (Å²) >= 11 is 1.43. The number of hydrogen-bond acceptors (Lipinski definition) is 7. The van der Waals surface area contributed by atoms with Gasteiger partial charge in [0, 0.05) is 16.9 Å². The third-order valence-electron chi connectivity index (χ3n) is 5.69. The van der Waals surface area contributed by atoms with Crippen LogP contribution in [0, 0.1) is 13.8 Å². The summed E-state index contributed by atoms with van der Waals surface area (Å²) in [5.41, 5.74) is 5.45. The number of fused-ring (bicyclic) bond motifs is 1. The number of nitrogens with zero attached hydrogens (tertiary/aromatic N) is 2. The second-order valence-corrected chi connectivity index (χ2v) is 9.06. The van der Waals surface area contributed by atoms with E-state index >= 15 is 0 Å². The first kappa shape index (κ1) is 23.6. The van der Waals surface area contributed by atoms with Gasteiger partial charge < -0.3 is 19.7 Å². The molecule has 0 spiro atoms. The molecule has 0 bridgehead atoms. The van der Waals surface area contributed by atoms with Gasteiger partial charge in [0.1, 0.15) is 5.75 Å². The third-order valence-corrected chi connectivity index (χ3v) is 6.58. The van der Waals surface area contributed by atoms with Crippen molar-refractivity contribution in [1.29, 1.82) is 0 Å². The summed E-state index contributed by atoms with van der Waals surface area (Å²) in [6.07, 6.45) is 0.123. The van der Waals surface area contributed by atoms with Crippen molar-refractivity contribution in [1.82, 2.24) is 4.90 Å². The van der Waals surface area contributed by atoms with Crippen LogP contribution >= 0.6 is 11.8 Å². The molecular formula is C26H27N3O4S. The molecule has 2 aliphatic rings. The van der Waals surface area contributed by atoms with E-state index in [1.165, 1.54) is 18.9 Å². The van der Waals surface area contributed by atoms with Gasteiger partial charge in [-0.2, -0.15) is 0 Å². The van der Waals surface area contributed by atoms with Crippen LogP contribution in [0.1, 0.15) is 36.1 Å². The lowest BCUT2D eigenvalue weighted by Gasteiger charge is -2.36. The van der Waals surface area contributed by atoms with E-state index in [1.807, 2.05) is 60.6 Å². The number of para-hydroxylation sites is 1. The minimum atomic E-state index is -0.536. The molecule has 0 aromatic heterocycles. The van der Waals surface area contributed by atoms with Gasteiger partial charge in [0.25, 0.3) is 0 Å². The molecule has 1 amide bonds. The summed E-state index contributed by atoms with van der Waals surface area (Å²) in [5, 5.41) is 5.61. The number of methoxy groups -OCH3 is 2. The maximum atomic E-state index is 13.0. The van der Waals surface area contributed by atoms with Crippen LogP contribution in [0.2, 0.25) is 0 Å². The Labute approximate surface area is 203 Å². The molecule has 176 valence electrons. The van der Waals surface area contributed by atoms with Crippen molar-refractivity contribution in [2.24, 2.45) is 4.99 Å². The van der Waals surface area contributed by atoms with Gasteiger partial charge in [-0.3, -0.25) is 4.79 Å². The van der Waals surface area contributed by atoms with Crippen LogP contribution in [0.5, 0.6) is 5.75 Å². The number of carbonyl (C=O) groups is 2. The number of esters is 1. The van der Waals surface area contributed by atoms with E-state index in [4.69, 9.17) is 9.47 Å². The van der Waals surface area contributed by atoms with Gasteiger partial charge in [-0.05, 0) is 55.5 Å². The van der Waals surface area contributed by atoms with Gasteiger partial charge in [0.05, 0.1) is 38.0 Å². The lowest BCUT2D eigenvalue weighted by molar-refractivity contribution is -0.136. The molecule has 2 heterocycles. The first-order chi connectivity index (χ1) is 16.3. The van der Waals surface area contributed by atoms with Crippen molar-refractivity contribution >= 4 is 34.5 Å². The maximum Gasteiger partial charge on any atom is 0.338 e. The zero-order chi connectivity index (χ0) is 24.4. The van der Waals surface area contributed by atoms with Gasteiger partial charge in [-0.25, -0.2) is 9.79 Å². The van der Waals surface area contributed by atoms with Crippen LogP contribution in [0.4, 0.5) is 5.69 Å². The lowest BCUT2D eigenvalue weighted by Crippen LogP contribution is -2.37. The van der Waals surface area contributed by atoms with Crippen LogP contribution < -0.4 is 10.1 Å². The molecule has 7 nitrogen and oxygen atoms in total. The Morgan fingerprint density at radius 1 is 1.09 bits per heavy atom. The zero-order valence-electron chi connectivity index (χ0n) is 19.8. The normalized spacial score (nSPS) is 17.1. The molecule has 2 aliphatic heterocycles. The molecule has 0 radical (unpaired) electrons. The van der Waals surface area contributed by atoms with E-state index in [-0.39, 0.29) is 12.3 Å². The number of ether oxygens (including phenoxy) is 2. The number of aliphatic imine (C=N–C) groups is 1. The second kappa shape index (κ2) is 9.77. The Morgan fingerprint density at radius 2 is 1.79 bits per heavy atom. The minimum Gasteiger partial charge on any atom is -0.496 e. The molecule has 0 saturated heterocycles. The van der Waals surface area contributed by atoms with E-state index in [2.05, 4.69) is 16.4 Å². The van der Waals surface area contributed by atoms with Crippen molar-refractivity contribution in [3.05, 3.63) is 81.5 Å². The van der Waals surface area contributed by atoms with Crippen LogP contribution in [0.25, 0.3) is 0 Å². The summed E-state index contributed by atoms with van der Waals surface area (Å²) < 4.78 is 10.7. The molecule has 2 aromatic carbocycles. The highest BCUT2D eigenvalue weighted by atomic mass is 32.2.